The second-order valence-electron chi connectivity index (χ2n) is 6.53. The lowest BCUT2D eigenvalue weighted by Gasteiger charge is -2.56. The predicted octanol–water partition coefficient (Wildman–Crippen LogP) is 2.52. The van der Waals surface area contributed by atoms with E-state index in [4.69, 9.17) is 5.73 Å². The van der Waals surface area contributed by atoms with E-state index in [1.54, 1.807) is 0 Å². The molecule has 2 nitrogen and oxygen atoms in total. The van der Waals surface area contributed by atoms with Crippen molar-refractivity contribution in [2.75, 3.05) is 13.1 Å². The Balaban J connectivity index is 1.49. The van der Waals surface area contributed by atoms with Crippen LogP contribution in [0.15, 0.2) is 0 Å². The normalized spacial score (nSPS) is 39.6. The van der Waals surface area contributed by atoms with Gasteiger partial charge in [0, 0.05) is 25.2 Å². The van der Waals surface area contributed by atoms with E-state index >= 15 is 0 Å². The van der Waals surface area contributed by atoms with Crippen molar-refractivity contribution in [1.29, 1.82) is 0 Å². The molecule has 2 aliphatic carbocycles. The zero-order valence-electron chi connectivity index (χ0n) is 10.5. The number of nitrogens with zero attached hydrogens (tertiary/aromatic N) is 1. The highest BCUT2D eigenvalue weighted by molar-refractivity contribution is 4.99. The first-order valence-electron chi connectivity index (χ1n) is 7.27. The lowest BCUT2D eigenvalue weighted by molar-refractivity contribution is -0.0635. The SMILES string of the molecule is NC1CCC(N2CC3(CCCCC3)C2)CC1. The minimum atomic E-state index is 0.501. The van der Waals surface area contributed by atoms with Crippen molar-refractivity contribution in [3.63, 3.8) is 0 Å². The van der Waals surface area contributed by atoms with E-state index in [1.165, 1.54) is 70.9 Å². The highest BCUT2D eigenvalue weighted by Gasteiger charge is 2.45. The second kappa shape index (κ2) is 4.30. The van der Waals surface area contributed by atoms with Crippen LogP contribution in [0.4, 0.5) is 0 Å². The molecule has 0 bridgehead atoms. The zero-order valence-corrected chi connectivity index (χ0v) is 10.5. The lowest BCUT2D eigenvalue weighted by Crippen LogP contribution is -2.61. The molecule has 0 atom stereocenters. The Kier molecular flexibility index (Phi) is 2.97. The topological polar surface area (TPSA) is 29.3 Å². The average molecular weight is 222 g/mol. The Bertz CT molecular complexity index is 229. The van der Waals surface area contributed by atoms with Gasteiger partial charge >= 0.3 is 0 Å². The van der Waals surface area contributed by atoms with Gasteiger partial charge in [0.25, 0.3) is 0 Å². The van der Waals surface area contributed by atoms with Gasteiger partial charge in [-0.25, -0.2) is 0 Å². The molecular weight excluding hydrogens is 196 g/mol. The number of nitrogens with two attached hydrogens (primary N) is 1. The molecule has 2 heteroatoms. The first-order valence-corrected chi connectivity index (χ1v) is 7.27. The summed E-state index contributed by atoms with van der Waals surface area (Å²) in [5.41, 5.74) is 6.74. The molecule has 3 rings (SSSR count). The summed E-state index contributed by atoms with van der Waals surface area (Å²) in [4.78, 5) is 2.76. The van der Waals surface area contributed by atoms with E-state index in [2.05, 4.69) is 4.90 Å². The number of hydrogen-bond acceptors (Lipinski definition) is 2. The molecule has 0 aromatic rings. The molecule has 3 fully saturated rings. The summed E-state index contributed by atoms with van der Waals surface area (Å²) < 4.78 is 0. The maximum absolute atomic E-state index is 5.97. The average Bonchev–Trinajstić information content (AvgIpc) is 2.28. The van der Waals surface area contributed by atoms with Crippen LogP contribution >= 0.6 is 0 Å². The molecule has 0 aromatic carbocycles. The van der Waals surface area contributed by atoms with Crippen LogP contribution in [0.1, 0.15) is 57.8 Å². The van der Waals surface area contributed by atoms with Gasteiger partial charge in [-0.05, 0) is 43.9 Å². The fourth-order valence-electron chi connectivity index (χ4n) is 4.16. The van der Waals surface area contributed by atoms with Crippen LogP contribution in [0.3, 0.4) is 0 Å². The molecule has 3 aliphatic rings. The molecule has 2 N–H and O–H groups in total. The standard InChI is InChI=1S/C14H26N2/c15-12-4-6-13(7-5-12)16-10-14(11-16)8-2-1-3-9-14/h12-13H,1-11,15H2. The van der Waals surface area contributed by atoms with E-state index in [0.717, 1.165) is 11.5 Å². The minimum Gasteiger partial charge on any atom is -0.328 e. The predicted molar refractivity (Wildman–Crippen MR) is 67.3 cm³/mol. The summed E-state index contributed by atoms with van der Waals surface area (Å²) in [5.74, 6) is 0. The van der Waals surface area contributed by atoms with E-state index in [0.29, 0.717) is 6.04 Å². The molecule has 1 heterocycles. The molecule has 0 aromatic heterocycles. The molecular formula is C14H26N2. The van der Waals surface area contributed by atoms with Gasteiger partial charge in [0.05, 0.1) is 0 Å². The monoisotopic (exact) mass is 222 g/mol. The van der Waals surface area contributed by atoms with Crippen LogP contribution in [-0.4, -0.2) is 30.1 Å². The largest absolute Gasteiger partial charge is 0.328 e. The molecule has 0 radical (unpaired) electrons. The minimum absolute atomic E-state index is 0.501. The molecule has 2 saturated carbocycles. The van der Waals surface area contributed by atoms with Gasteiger partial charge in [-0.2, -0.15) is 0 Å². The van der Waals surface area contributed by atoms with Gasteiger partial charge in [0.2, 0.25) is 0 Å². The van der Waals surface area contributed by atoms with Gasteiger partial charge in [-0.15, -0.1) is 0 Å². The van der Waals surface area contributed by atoms with Crippen LogP contribution in [0.25, 0.3) is 0 Å². The highest BCUT2D eigenvalue weighted by Crippen LogP contribution is 2.45. The number of hydrogen-bond donors (Lipinski definition) is 1. The number of likely N-dealkylation sites (tertiary alicyclic amines) is 1. The van der Waals surface area contributed by atoms with Crippen LogP contribution in [0, 0.1) is 5.41 Å². The molecule has 92 valence electrons. The van der Waals surface area contributed by atoms with E-state index < -0.39 is 0 Å². The summed E-state index contributed by atoms with van der Waals surface area (Å²) in [6.45, 7) is 2.82. The van der Waals surface area contributed by atoms with Gasteiger partial charge < -0.3 is 5.73 Å². The Morgan fingerprint density at radius 1 is 0.875 bits per heavy atom. The summed E-state index contributed by atoms with van der Waals surface area (Å²) in [6.07, 6.45) is 12.7. The van der Waals surface area contributed by atoms with E-state index in [-0.39, 0.29) is 0 Å². The van der Waals surface area contributed by atoms with Crippen molar-refractivity contribution in [3.8, 4) is 0 Å². The van der Waals surface area contributed by atoms with Crippen molar-refractivity contribution in [2.24, 2.45) is 11.1 Å². The van der Waals surface area contributed by atoms with E-state index in [9.17, 15) is 0 Å². The third-order valence-corrected chi connectivity index (χ3v) is 5.25. The first kappa shape index (κ1) is 11.0. The van der Waals surface area contributed by atoms with Crippen molar-refractivity contribution < 1.29 is 0 Å². The van der Waals surface area contributed by atoms with Crippen LogP contribution in [0.2, 0.25) is 0 Å². The van der Waals surface area contributed by atoms with Crippen molar-refractivity contribution in [2.45, 2.75) is 69.9 Å². The van der Waals surface area contributed by atoms with Gasteiger partial charge in [0.1, 0.15) is 0 Å². The Hall–Kier alpha value is -0.0800. The van der Waals surface area contributed by atoms with E-state index in [1.807, 2.05) is 0 Å². The molecule has 0 amide bonds. The van der Waals surface area contributed by atoms with Crippen LogP contribution < -0.4 is 5.73 Å². The van der Waals surface area contributed by atoms with Gasteiger partial charge in [-0.1, -0.05) is 19.3 Å². The second-order valence-corrected chi connectivity index (χ2v) is 6.53. The quantitative estimate of drug-likeness (QED) is 0.738. The maximum atomic E-state index is 5.97. The summed E-state index contributed by atoms with van der Waals surface area (Å²) in [5, 5.41) is 0. The summed E-state index contributed by atoms with van der Waals surface area (Å²) in [6, 6.07) is 1.38. The van der Waals surface area contributed by atoms with Gasteiger partial charge in [-0.3, -0.25) is 4.90 Å². The third kappa shape index (κ3) is 2.02. The summed E-state index contributed by atoms with van der Waals surface area (Å²) in [7, 11) is 0. The fraction of sp³-hybridized carbons (Fsp3) is 1.00. The Morgan fingerprint density at radius 3 is 2.12 bits per heavy atom. The third-order valence-electron chi connectivity index (χ3n) is 5.25. The molecule has 0 unspecified atom stereocenters. The fourth-order valence-corrected chi connectivity index (χ4v) is 4.16. The summed E-state index contributed by atoms with van der Waals surface area (Å²) >= 11 is 0. The van der Waals surface area contributed by atoms with Crippen LogP contribution in [-0.2, 0) is 0 Å². The number of rotatable bonds is 1. The molecule has 1 spiro atoms. The van der Waals surface area contributed by atoms with Crippen molar-refractivity contribution in [3.05, 3.63) is 0 Å². The zero-order chi connectivity index (χ0) is 11.0. The van der Waals surface area contributed by atoms with Crippen molar-refractivity contribution in [1.82, 2.24) is 4.90 Å². The van der Waals surface area contributed by atoms with Gasteiger partial charge in [0.15, 0.2) is 0 Å². The Morgan fingerprint density at radius 2 is 1.50 bits per heavy atom. The lowest BCUT2D eigenvalue weighted by atomic mass is 9.67. The van der Waals surface area contributed by atoms with Crippen molar-refractivity contribution >= 4 is 0 Å². The van der Waals surface area contributed by atoms with Crippen LogP contribution in [0.5, 0.6) is 0 Å². The first-order chi connectivity index (χ1) is 7.77. The molecule has 1 saturated heterocycles. The Labute approximate surface area is 99.6 Å². The highest BCUT2D eigenvalue weighted by atomic mass is 15.2. The molecule has 16 heavy (non-hydrogen) atoms. The molecule has 1 aliphatic heterocycles. The smallest absolute Gasteiger partial charge is 0.00968 e. The maximum Gasteiger partial charge on any atom is 0.00968 e.